The van der Waals surface area contributed by atoms with Crippen molar-refractivity contribution in [2.45, 2.75) is 6.54 Å². The molecule has 3 rings (SSSR count). The van der Waals surface area contributed by atoms with Crippen molar-refractivity contribution in [1.29, 1.82) is 0 Å². The number of carbonyl (C=O) groups excluding carboxylic acids is 1. The van der Waals surface area contributed by atoms with Crippen LogP contribution in [0.4, 0.5) is 0 Å². The summed E-state index contributed by atoms with van der Waals surface area (Å²) in [7, 11) is 1.79. The molecule has 0 spiro atoms. The monoisotopic (exact) mass is 303 g/mol. The van der Waals surface area contributed by atoms with Gasteiger partial charge in [-0.1, -0.05) is 12.1 Å². The fourth-order valence-electron chi connectivity index (χ4n) is 2.01. The molecule has 2 heterocycles. The van der Waals surface area contributed by atoms with E-state index in [9.17, 15) is 9.90 Å². The zero-order valence-corrected chi connectivity index (χ0v) is 12.5. The van der Waals surface area contributed by atoms with Gasteiger partial charge >= 0.3 is 0 Å². The quantitative estimate of drug-likeness (QED) is 0.796. The van der Waals surface area contributed by atoms with E-state index in [0.29, 0.717) is 6.54 Å². The van der Waals surface area contributed by atoms with E-state index in [-0.39, 0.29) is 11.7 Å². The highest BCUT2D eigenvalue weighted by molar-refractivity contribution is 7.27. The van der Waals surface area contributed by atoms with Gasteiger partial charge in [-0.2, -0.15) is 0 Å². The lowest BCUT2D eigenvalue weighted by atomic mass is 10.2. The average Bonchev–Trinajstić information content (AvgIpc) is 3.01. The van der Waals surface area contributed by atoms with Crippen LogP contribution in [0.3, 0.4) is 0 Å². The molecule has 3 aromatic rings. The van der Waals surface area contributed by atoms with Gasteiger partial charge in [0.2, 0.25) is 0 Å². The van der Waals surface area contributed by atoms with Gasteiger partial charge in [0, 0.05) is 23.0 Å². The van der Waals surface area contributed by atoms with Gasteiger partial charge < -0.3 is 10.0 Å². The van der Waals surface area contributed by atoms with E-state index >= 15 is 0 Å². The Labute approximate surface area is 124 Å². The third kappa shape index (κ3) is 2.55. The fourth-order valence-corrected chi connectivity index (χ4v) is 4.11. The molecule has 0 unspecified atom stereocenters. The van der Waals surface area contributed by atoms with Crippen molar-refractivity contribution < 1.29 is 9.90 Å². The molecule has 1 N–H and O–H groups in total. The number of rotatable bonds is 3. The van der Waals surface area contributed by atoms with Gasteiger partial charge in [-0.15, -0.1) is 22.7 Å². The van der Waals surface area contributed by atoms with Crippen molar-refractivity contribution in [3.8, 4) is 5.75 Å². The number of amides is 1. The summed E-state index contributed by atoms with van der Waals surface area (Å²) in [5.41, 5.74) is 0.997. The normalized spacial score (nSPS) is 10.8. The highest BCUT2D eigenvalue weighted by Gasteiger charge is 2.15. The first kappa shape index (κ1) is 13.1. The number of benzene rings is 1. The van der Waals surface area contributed by atoms with Gasteiger partial charge in [0.1, 0.15) is 5.75 Å². The molecular formula is C15H13NO2S2. The summed E-state index contributed by atoms with van der Waals surface area (Å²) in [5.74, 6) is 0.271. The molecule has 2 aromatic heterocycles. The molecule has 0 atom stereocenters. The predicted octanol–water partition coefficient (Wildman–Crippen LogP) is 3.94. The van der Waals surface area contributed by atoms with Gasteiger partial charge in [0.15, 0.2) is 0 Å². The Morgan fingerprint density at radius 3 is 2.65 bits per heavy atom. The van der Waals surface area contributed by atoms with E-state index in [2.05, 4.69) is 0 Å². The van der Waals surface area contributed by atoms with E-state index in [1.165, 1.54) is 11.3 Å². The van der Waals surface area contributed by atoms with Crippen LogP contribution >= 0.6 is 22.7 Å². The Bertz CT molecular complexity index is 714. The lowest BCUT2D eigenvalue weighted by Gasteiger charge is -2.16. The van der Waals surface area contributed by atoms with E-state index < -0.39 is 0 Å². The second-order valence-corrected chi connectivity index (χ2v) is 6.62. The van der Waals surface area contributed by atoms with Crippen LogP contribution in [0.15, 0.2) is 41.8 Å². The largest absolute Gasteiger partial charge is 0.508 e. The Morgan fingerprint density at radius 2 is 1.95 bits per heavy atom. The minimum Gasteiger partial charge on any atom is -0.508 e. The zero-order valence-electron chi connectivity index (χ0n) is 10.9. The lowest BCUT2D eigenvalue weighted by Crippen LogP contribution is -2.25. The number of phenols is 1. The van der Waals surface area contributed by atoms with Gasteiger partial charge in [-0.3, -0.25) is 4.79 Å². The third-order valence-corrected chi connectivity index (χ3v) is 5.13. The van der Waals surface area contributed by atoms with Crippen LogP contribution in [-0.4, -0.2) is 23.0 Å². The second kappa shape index (κ2) is 5.26. The number of fused-ring (bicyclic) bond motifs is 1. The lowest BCUT2D eigenvalue weighted by molar-refractivity contribution is 0.0790. The van der Waals surface area contributed by atoms with Crippen molar-refractivity contribution in [1.82, 2.24) is 4.90 Å². The number of carbonyl (C=O) groups is 1. The molecule has 3 nitrogen and oxygen atoms in total. The third-order valence-electron chi connectivity index (χ3n) is 3.05. The van der Waals surface area contributed by atoms with Crippen LogP contribution in [0.2, 0.25) is 0 Å². The average molecular weight is 303 g/mol. The van der Waals surface area contributed by atoms with Crippen LogP contribution in [-0.2, 0) is 6.54 Å². The first-order valence-corrected chi connectivity index (χ1v) is 7.83. The molecule has 20 heavy (non-hydrogen) atoms. The number of thiophene rings is 2. The smallest absolute Gasteiger partial charge is 0.264 e. The van der Waals surface area contributed by atoms with E-state index in [4.69, 9.17) is 0 Å². The van der Waals surface area contributed by atoms with E-state index in [0.717, 1.165) is 19.8 Å². The molecule has 0 fully saturated rings. The van der Waals surface area contributed by atoms with E-state index in [1.807, 2.05) is 29.6 Å². The van der Waals surface area contributed by atoms with Crippen molar-refractivity contribution >= 4 is 38.0 Å². The maximum absolute atomic E-state index is 12.4. The summed E-state index contributed by atoms with van der Waals surface area (Å²) < 4.78 is 2.33. The summed E-state index contributed by atoms with van der Waals surface area (Å²) in [4.78, 5) is 14.8. The summed E-state index contributed by atoms with van der Waals surface area (Å²) in [6.45, 7) is 0.532. The number of phenolic OH excluding ortho intramolecular Hbond substituents is 1. The molecule has 0 saturated heterocycles. The van der Waals surface area contributed by atoms with Crippen molar-refractivity contribution in [3.05, 3.63) is 52.2 Å². The number of hydrogen-bond acceptors (Lipinski definition) is 4. The van der Waals surface area contributed by atoms with Crippen LogP contribution in [0.25, 0.3) is 9.40 Å². The van der Waals surface area contributed by atoms with Crippen LogP contribution in [0, 0.1) is 0 Å². The zero-order chi connectivity index (χ0) is 14.1. The molecule has 0 aliphatic heterocycles. The van der Waals surface area contributed by atoms with Crippen LogP contribution < -0.4 is 0 Å². The molecular weight excluding hydrogens is 290 g/mol. The SMILES string of the molecule is CN(Cc1ccc(O)cc1)C(=O)c1cc2sccc2s1. The molecule has 0 aliphatic carbocycles. The molecule has 0 saturated carbocycles. The minimum atomic E-state index is 0.0338. The molecule has 0 aliphatic rings. The summed E-state index contributed by atoms with van der Waals surface area (Å²) in [6.07, 6.45) is 0. The highest BCUT2D eigenvalue weighted by atomic mass is 32.1. The molecule has 5 heteroatoms. The minimum absolute atomic E-state index is 0.0338. The summed E-state index contributed by atoms with van der Waals surface area (Å²) in [5, 5.41) is 11.3. The van der Waals surface area contributed by atoms with Crippen molar-refractivity contribution in [2.75, 3.05) is 7.05 Å². The summed E-state index contributed by atoms with van der Waals surface area (Å²) >= 11 is 3.19. The Hall–Kier alpha value is -1.85. The molecule has 0 radical (unpaired) electrons. The molecule has 1 amide bonds. The van der Waals surface area contributed by atoms with Gasteiger partial charge in [0.05, 0.1) is 4.88 Å². The topological polar surface area (TPSA) is 40.5 Å². The predicted molar refractivity (Wildman–Crippen MR) is 83.6 cm³/mol. The van der Waals surface area contributed by atoms with E-state index in [1.54, 1.807) is 35.4 Å². The first-order chi connectivity index (χ1) is 9.63. The summed E-state index contributed by atoms with van der Waals surface area (Å²) in [6, 6.07) is 10.9. The molecule has 102 valence electrons. The van der Waals surface area contributed by atoms with Gasteiger partial charge in [-0.25, -0.2) is 0 Å². The van der Waals surface area contributed by atoms with Gasteiger partial charge in [0.25, 0.3) is 5.91 Å². The number of hydrogen-bond donors (Lipinski definition) is 1. The second-order valence-electron chi connectivity index (χ2n) is 4.59. The van der Waals surface area contributed by atoms with Crippen molar-refractivity contribution in [2.24, 2.45) is 0 Å². The number of nitrogens with zero attached hydrogens (tertiary/aromatic N) is 1. The van der Waals surface area contributed by atoms with Crippen LogP contribution in [0.1, 0.15) is 15.2 Å². The Kier molecular flexibility index (Phi) is 3.46. The standard InChI is InChI=1S/C15H13NO2S2/c1-16(9-10-2-4-11(17)5-3-10)15(18)14-8-13-12(20-14)6-7-19-13/h2-8,17H,9H2,1H3. The first-order valence-electron chi connectivity index (χ1n) is 6.14. The fraction of sp³-hybridized carbons (Fsp3) is 0.133. The maximum Gasteiger partial charge on any atom is 0.264 e. The Morgan fingerprint density at radius 1 is 1.20 bits per heavy atom. The molecule has 1 aromatic carbocycles. The van der Waals surface area contributed by atoms with Crippen molar-refractivity contribution in [3.63, 3.8) is 0 Å². The maximum atomic E-state index is 12.4. The molecule has 0 bridgehead atoms. The Balaban J connectivity index is 1.76. The number of aromatic hydroxyl groups is 1. The van der Waals surface area contributed by atoms with Gasteiger partial charge in [-0.05, 0) is 35.2 Å². The highest BCUT2D eigenvalue weighted by Crippen LogP contribution is 2.30. The van der Waals surface area contributed by atoms with Crippen LogP contribution in [0.5, 0.6) is 5.75 Å².